The second-order valence-corrected chi connectivity index (χ2v) is 9.65. The monoisotopic (exact) mass is 551 g/mol. The minimum atomic E-state index is -0.791. The van der Waals surface area contributed by atoms with Crippen LogP contribution in [0.2, 0.25) is 0 Å². The molecule has 0 aliphatic carbocycles. The van der Waals surface area contributed by atoms with Crippen molar-refractivity contribution in [3.63, 3.8) is 0 Å². The number of rotatable bonds is 11. The van der Waals surface area contributed by atoms with Crippen LogP contribution in [-0.2, 0) is 29.0 Å². The van der Waals surface area contributed by atoms with E-state index in [1.807, 2.05) is 68.4 Å². The second kappa shape index (κ2) is 13.0. The van der Waals surface area contributed by atoms with Gasteiger partial charge in [-0.05, 0) is 36.6 Å². The molecule has 0 aromatic heterocycles. The Morgan fingerprint density at radius 1 is 0.972 bits per heavy atom. The molecule has 0 aliphatic rings. The quantitative estimate of drug-likeness (QED) is 0.253. The third-order valence-electron chi connectivity index (χ3n) is 6.07. The Morgan fingerprint density at radius 3 is 2.25 bits per heavy atom. The Morgan fingerprint density at radius 2 is 1.61 bits per heavy atom. The van der Waals surface area contributed by atoms with Crippen LogP contribution in [0.4, 0.5) is 5.69 Å². The number of hydrogen-bond acceptors (Lipinski definition) is 4. The van der Waals surface area contributed by atoms with E-state index >= 15 is 0 Å². The van der Waals surface area contributed by atoms with E-state index in [-0.39, 0.29) is 36.5 Å². The molecular formula is C28H30BrN3O4. The Balaban J connectivity index is 2.01. The van der Waals surface area contributed by atoms with Crippen molar-refractivity contribution in [3.8, 4) is 0 Å². The number of nitrogens with one attached hydrogen (secondary N) is 1. The molecule has 0 saturated carbocycles. The Hall–Kier alpha value is -3.52. The van der Waals surface area contributed by atoms with Gasteiger partial charge >= 0.3 is 0 Å². The van der Waals surface area contributed by atoms with Crippen LogP contribution >= 0.6 is 15.9 Å². The molecule has 7 nitrogen and oxygen atoms in total. The number of halogens is 1. The summed E-state index contributed by atoms with van der Waals surface area (Å²) >= 11 is 3.43. The number of carbonyl (C=O) groups excluding carboxylic acids is 2. The number of nitro benzene ring substituents is 1. The first-order chi connectivity index (χ1) is 17.3. The van der Waals surface area contributed by atoms with Gasteiger partial charge < -0.3 is 10.2 Å². The zero-order valence-electron chi connectivity index (χ0n) is 20.4. The maximum Gasteiger partial charge on any atom is 0.273 e. The van der Waals surface area contributed by atoms with Gasteiger partial charge in [-0.2, -0.15) is 0 Å². The highest BCUT2D eigenvalue weighted by atomic mass is 79.9. The fourth-order valence-corrected chi connectivity index (χ4v) is 4.15. The highest BCUT2D eigenvalue weighted by Gasteiger charge is 2.32. The van der Waals surface area contributed by atoms with Gasteiger partial charge in [0, 0.05) is 35.1 Å². The average molecular weight is 552 g/mol. The minimum Gasteiger partial charge on any atom is -0.352 e. The van der Waals surface area contributed by atoms with Crippen LogP contribution < -0.4 is 5.32 Å². The molecular weight excluding hydrogens is 522 g/mol. The van der Waals surface area contributed by atoms with Crippen LogP contribution in [0.5, 0.6) is 0 Å². The summed E-state index contributed by atoms with van der Waals surface area (Å²) in [4.78, 5) is 39.9. The lowest BCUT2D eigenvalue weighted by molar-refractivity contribution is -0.385. The molecule has 3 aromatic rings. The van der Waals surface area contributed by atoms with Crippen molar-refractivity contribution in [2.75, 3.05) is 0 Å². The fraction of sp³-hybridized carbons (Fsp3) is 0.286. The molecule has 36 heavy (non-hydrogen) atoms. The fourth-order valence-electron chi connectivity index (χ4n) is 3.88. The van der Waals surface area contributed by atoms with E-state index in [2.05, 4.69) is 21.2 Å². The van der Waals surface area contributed by atoms with E-state index in [0.717, 1.165) is 22.0 Å². The molecule has 3 rings (SSSR count). The lowest BCUT2D eigenvalue weighted by Gasteiger charge is -2.32. The SMILES string of the molecule is CC[C@@H](C)NC(=O)[C@@H](Cc1ccccc1)N(Cc1ccc(Br)cc1)C(=O)Cc1ccccc1[N+](=O)[O-]. The summed E-state index contributed by atoms with van der Waals surface area (Å²) in [5.74, 6) is -0.603. The number of nitrogens with zero attached hydrogens (tertiary/aromatic N) is 2. The van der Waals surface area contributed by atoms with Gasteiger partial charge in [0.15, 0.2) is 0 Å². The standard InChI is InChI=1S/C28H30BrN3O4/c1-3-20(2)30-28(34)26(17-21-9-5-4-6-10-21)31(19-22-13-15-24(29)16-14-22)27(33)18-23-11-7-8-12-25(23)32(35)36/h4-16,20,26H,3,17-19H2,1-2H3,(H,30,34)/t20-,26-/m1/s1. The molecule has 0 unspecified atom stereocenters. The molecule has 0 heterocycles. The van der Waals surface area contributed by atoms with Gasteiger partial charge in [-0.15, -0.1) is 0 Å². The molecule has 0 fully saturated rings. The summed E-state index contributed by atoms with van der Waals surface area (Å²) in [7, 11) is 0. The lowest BCUT2D eigenvalue weighted by Crippen LogP contribution is -2.52. The van der Waals surface area contributed by atoms with E-state index < -0.39 is 11.0 Å². The van der Waals surface area contributed by atoms with E-state index in [0.29, 0.717) is 12.0 Å². The van der Waals surface area contributed by atoms with Gasteiger partial charge in [-0.1, -0.05) is 83.5 Å². The first-order valence-electron chi connectivity index (χ1n) is 11.9. The molecule has 8 heteroatoms. The van der Waals surface area contributed by atoms with Crippen LogP contribution in [0.15, 0.2) is 83.3 Å². The molecule has 0 spiro atoms. The van der Waals surface area contributed by atoms with Gasteiger partial charge in [0.05, 0.1) is 11.3 Å². The number of para-hydroxylation sites is 1. The Kier molecular flexibility index (Phi) is 9.76. The largest absolute Gasteiger partial charge is 0.352 e. The molecule has 0 bridgehead atoms. The summed E-state index contributed by atoms with van der Waals surface area (Å²) in [6, 6.07) is 22.4. The number of hydrogen-bond donors (Lipinski definition) is 1. The van der Waals surface area contributed by atoms with Crippen LogP contribution in [0.25, 0.3) is 0 Å². The molecule has 1 N–H and O–H groups in total. The number of nitro groups is 1. The lowest BCUT2D eigenvalue weighted by atomic mass is 10.0. The van der Waals surface area contributed by atoms with Crippen LogP contribution in [0, 0.1) is 10.1 Å². The first kappa shape index (κ1) is 27.1. The number of benzene rings is 3. The van der Waals surface area contributed by atoms with Crippen molar-refractivity contribution in [2.45, 2.75) is 51.7 Å². The Bertz CT molecular complexity index is 1180. The third-order valence-corrected chi connectivity index (χ3v) is 6.60. The van der Waals surface area contributed by atoms with Crippen molar-refractivity contribution in [1.29, 1.82) is 0 Å². The summed E-state index contributed by atoms with van der Waals surface area (Å²) in [6.45, 7) is 4.10. The van der Waals surface area contributed by atoms with Gasteiger partial charge in [-0.3, -0.25) is 19.7 Å². The molecule has 2 atom stereocenters. The van der Waals surface area contributed by atoms with Crippen molar-refractivity contribution < 1.29 is 14.5 Å². The van der Waals surface area contributed by atoms with Crippen molar-refractivity contribution in [2.24, 2.45) is 0 Å². The minimum absolute atomic E-state index is 0.0596. The van der Waals surface area contributed by atoms with E-state index in [9.17, 15) is 19.7 Å². The van der Waals surface area contributed by atoms with E-state index in [1.54, 1.807) is 23.1 Å². The molecule has 3 aromatic carbocycles. The maximum absolute atomic E-state index is 13.8. The second-order valence-electron chi connectivity index (χ2n) is 8.73. The van der Waals surface area contributed by atoms with Crippen LogP contribution in [0.1, 0.15) is 37.0 Å². The predicted molar refractivity (Wildman–Crippen MR) is 143 cm³/mol. The van der Waals surface area contributed by atoms with Crippen molar-refractivity contribution in [3.05, 3.63) is 110 Å². The topological polar surface area (TPSA) is 92.6 Å². The van der Waals surface area contributed by atoms with Gasteiger partial charge in [0.2, 0.25) is 11.8 Å². The summed E-state index contributed by atoms with van der Waals surface area (Å²) in [6.07, 6.45) is 0.887. The smallest absolute Gasteiger partial charge is 0.273 e. The normalized spacial score (nSPS) is 12.4. The highest BCUT2D eigenvalue weighted by molar-refractivity contribution is 9.10. The Labute approximate surface area is 219 Å². The number of carbonyl (C=O) groups is 2. The summed E-state index contributed by atoms with van der Waals surface area (Å²) in [5.41, 5.74) is 1.97. The average Bonchev–Trinajstić information content (AvgIpc) is 2.87. The van der Waals surface area contributed by atoms with Crippen molar-refractivity contribution >= 4 is 33.4 Å². The summed E-state index contributed by atoms with van der Waals surface area (Å²) in [5, 5.41) is 14.6. The number of amides is 2. The van der Waals surface area contributed by atoms with Crippen LogP contribution in [-0.4, -0.2) is 33.7 Å². The first-order valence-corrected chi connectivity index (χ1v) is 12.7. The van der Waals surface area contributed by atoms with Gasteiger partial charge in [0.1, 0.15) is 6.04 Å². The van der Waals surface area contributed by atoms with E-state index in [1.165, 1.54) is 6.07 Å². The van der Waals surface area contributed by atoms with Crippen LogP contribution in [0.3, 0.4) is 0 Å². The molecule has 0 aliphatic heterocycles. The zero-order valence-corrected chi connectivity index (χ0v) is 22.0. The molecule has 188 valence electrons. The maximum atomic E-state index is 13.8. The van der Waals surface area contributed by atoms with Gasteiger partial charge in [-0.25, -0.2) is 0 Å². The highest BCUT2D eigenvalue weighted by Crippen LogP contribution is 2.22. The third kappa shape index (κ3) is 7.49. The van der Waals surface area contributed by atoms with Gasteiger partial charge in [0.25, 0.3) is 5.69 Å². The predicted octanol–water partition coefficient (Wildman–Crippen LogP) is 5.45. The molecule has 0 radical (unpaired) electrons. The van der Waals surface area contributed by atoms with E-state index in [4.69, 9.17) is 0 Å². The molecule has 0 saturated heterocycles. The molecule has 2 amide bonds. The zero-order chi connectivity index (χ0) is 26.1. The van der Waals surface area contributed by atoms with Crippen molar-refractivity contribution in [1.82, 2.24) is 10.2 Å². The summed E-state index contributed by atoms with van der Waals surface area (Å²) < 4.78 is 0.902.